The highest BCUT2D eigenvalue weighted by Gasteiger charge is 2.26. The van der Waals surface area contributed by atoms with E-state index in [1.54, 1.807) is 12.1 Å². The van der Waals surface area contributed by atoms with Crippen molar-refractivity contribution in [1.29, 1.82) is 0 Å². The Labute approximate surface area is 189 Å². The van der Waals surface area contributed by atoms with Gasteiger partial charge in [0.05, 0.1) is 11.5 Å². The van der Waals surface area contributed by atoms with Gasteiger partial charge in [0.2, 0.25) is 15.9 Å². The number of hydrogen-bond donors (Lipinski definition) is 2. The lowest BCUT2D eigenvalue weighted by Crippen LogP contribution is -2.45. The minimum Gasteiger partial charge on any atom is -0.494 e. The Kier molecular flexibility index (Phi) is 7.66. The van der Waals surface area contributed by atoms with Gasteiger partial charge in [-0.15, -0.1) is 0 Å². The highest BCUT2D eigenvalue weighted by molar-refractivity contribution is 7.89. The highest BCUT2D eigenvalue weighted by Crippen LogP contribution is 2.19. The zero-order valence-electron chi connectivity index (χ0n) is 18.5. The van der Waals surface area contributed by atoms with E-state index < -0.39 is 22.0 Å². The molecule has 0 aliphatic heterocycles. The number of sulfonamides is 1. The molecule has 0 saturated carbocycles. The predicted octanol–water partition coefficient (Wildman–Crippen LogP) is 4.23. The fraction of sp³-hybridized carbons (Fsp3) is 0.240. The molecule has 1 atom stereocenters. The van der Waals surface area contributed by atoms with Crippen molar-refractivity contribution in [2.24, 2.45) is 0 Å². The summed E-state index contributed by atoms with van der Waals surface area (Å²) in [5.74, 6) is 0.164. The number of rotatable bonds is 9. The average molecular weight is 453 g/mol. The summed E-state index contributed by atoms with van der Waals surface area (Å²) in [5, 5.41) is 2.89. The molecule has 0 bridgehead atoms. The second kappa shape index (κ2) is 10.4. The van der Waals surface area contributed by atoms with Gasteiger partial charge in [-0.25, -0.2) is 8.42 Å². The molecule has 0 aliphatic rings. The molecule has 0 radical (unpaired) electrons. The van der Waals surface area contributed by atoms with Gasteiger partial charge >= 0.3 is 0 Å². The van der Waals surface area contributed by atoms with Crippen molar-refractivity contribution < 1.29 is 17.9 Å². The highest BCUT2D eigenvalue weighted by atomic mass is 32.2. The van der Waals surface area contributed by atoms with E-state index in [2.05, 4.69) is 10.0 Å². The molecule has 2 N–H and O–H groups in total. The first-order valence-electron chi connectivity index (χ1n) is 10.5. The minimum absolute atomic E-state index is 0.0681. The lowest BCUT2D eigenvalue weighted by Gasteiger charge is -2.20. The summed E-state index contributed by atoms with van der Waals surface area (Å²) >= 11 is 0. The van der Waals surface area contributed by atoms with Crippen LogP contribution in [0.2, 0.25) is 0 Å². The van der Waals surface area contributed by atoms with E-state index in [0.717, 1.165) is 16.7 Å². The van der Waals surface area contributed by atoms with Crippen LogP contribution in [0.1, 0.15) is 23.6 Å². The van der Waals surface area contributed by atoms with Crippen LogP contribution in [-0.4, -0.2) is 27.0 Å². The van der Waals surface area contributed by atoms with Gasteiger partial charge in [0.15, 0.2) is 0 Å². The van der Waals surface area contributed by atoms with Crippen LogP contribution in [0.5, 0.6) is 5.75 Å². The lowest BCUT2D eigenvalue weighted by molar-refractivity contribution is -0.117. The van der Waals surface area contributed by atoms with Gasteiger partial charge in [-0.3, -0.25) is 4.79 Å². The van der Waals surface area contributed by atoms with Crippen molar-refractivity contribution in [3.8, 4) is 5.75 Å². The maximum Gasteiger partial charge on any atom is 0.242 e. The molecule has 1 amide bonds. The number of hydrogen-bond acceptors (Lipinski definition) is 4. The summed E-state index contributed by atoms with van der Waals surface area (Å²) in [6.45, 7) is 6.17. The predicted molar refractivity (Wildman–Crippen MR) is 126 cm³/mol. The molecule has 3 rings (SSSR count). The third-order valence-electron chi connectivity index (χ3n) is 4.99. The normalized spacial score (nSPS) is 12.2. The van der Waals surface area contributed by atoms with Crippen LogP contribution in [0.25, 0.3) is 0 Å². The van der Waals surface area contributed by atoms with Gasteiger partial charge in [-0.05, 0) is 74.2 Å². The quantitative estimate of drug-likeness (QED) is 0.509. The Bertz CT molecular complexity index is 1160. The molecule has 0 spiro atoms. The van der Waals surface area contributed by atoms with Crippen molar-refractivity contribution in [3.05, 3.63) is 89.5 Å². The van der Waals surface area contributed by atoms with Crippen LogP contribution in [0.15, 0.2) is 77.7 Å². The number of aryl methyl sites for hydroxylation is 2. The van der Waals surface area contributed by atoms with E-state index in [0.29, 0.717) is 18.0 Å². The van der Waals surface area contributed by atoms with Crippen LogP contribution in [0.4, 0.5) is 5.69 Å². The topological polar surface area (TPSA) is 84.5 Å². The summed E-state index contributed by atoms with van der Waals surface area (Å²) in [6.07, 6.45) is 0.216. The van der Waals surface area contributed by atoms with E-state index in [1.807, 2.05) is 69.3 Å². The molecule has 7 heteroatoms. The molecule has 3 aromatic rings. The Morgan fingerprint density at radius 3 is 2.31 bits per heavy atom. The van der Waals surface area contributed by atoms with Crippen LogP contribution >= 0.6 is 0 Å². The molecule has 1 unspecified atom stereocenters. The molecule has 32 heavy (non-hydrogen) atoms. The Morgan fingerprint density at radius 2 is 1.66 bits per heavy atom. The molecule has 3 aromatic carbocycles. The Morgan fingerprint density at radius 1 is 0.969 bits per heavy atom. The smallest absolute Gasteiger partial charge is 0.242 e. The van der Waals surface area contributed by atoms with Crippen LogP contribution in [0.3, 0.4) is 0 Å². The Hall–Kier alpha value is -3.16. The minimum atomic E-state index is -3.93. The van der Waals surface area contributed by atoms with E-state index in [9.17, 15) is 13.2 Å². The number of carbonyl (C=O) groups is 1. The molecular weight excluding hydrogens is 424 g/mol. The first-order valence-corrected chi connectivity index (χ1v) is 11.9. The van der Waals surface area contributed by atoms with Crippen molar-refractivity contribution in [2.45, 2.75) is 38.1 Å². The van der Waals surface area contributed by atoms with Gasteiger partial charge in [0, 0.05) is 5.69 Å². The van der Waals surface area contributed by atoms with Crippen molar-refractivity contribution in [1.82, 2.24) is 4.72 Å². The van der Waals surface area contributed by atoms with Gasteiger partial charge in [-0.2, -0.15) is 4.72 Å². The first kappa shape index (κ1) is 23.5. The maximum atomic E-state index is 13.2. The zero-order valence-corrected chi connectivity index (χ0v) is 19.3. The molecule has 0 fully saturated rings. The Balaban J connectivity index is 1.86. The number of amides is 1. The number of carbonyl (C=O) groups excluding carboxylic acids is 1. The zero-order chi connectivity index (χ0) is 23.1. The summed E-state index contributed by atoms with van der Waals surface area (Å²) in [7, 11) is -3.93. The standard InChI is InChI=1S/C25H28N2O4S/c1-4-31-21-12-14-22(15-13-21)32(29,30)27-24(17-20-8-6-5-7-9-20)25(28)26-23-16-18(2)10-11-19(23)3/h5-16,24,27H,4,17H2,1-3H3,(H,26,28). The molecule has 0 aliphatic carbocycles. The summed E-state index contributed by atoms with van der Waals surface area (Å²) in [6, 6.07) is 20.2. The number of anilines is 1. The number of nitrogens with one attached hydrogen (secondary N) is 2. The number of benzene rings is 3. The molecule has 0 saturated heterocycles. The van der Waals surface area contributed by atoms with Crippen molar-refractivity contribution in [2.75, 3.05) is 11.9 Å². The van der Waals surface area contributed by atoms with Gasteiger partial charge in [-0.1, -0.05) is 42.5 Å². The summed E-state index contributed by atoms with van der Waals surface area (Å²) < 4.78 is 34.1. The second-order valence-electron chi connectivity index (χ2n) is 7.58. The molecule has 0 aromatic heterocycles. The molecule has 168 valence electrons. The third kappa shape index (κ3) is 6.18. The summed E-state index contributed by atoms with van der Waals surface area (Å²) in [4.78, 5) is 13.2. The summed E-state index contributed by atoms with van der Waals surface area (Å²) in [5.41, 5.74) is 3.41. The third-order valence-corrected chi connectivity index (χ3v) is 6.48. The molecular formula is C25H28N2O4S. The van der Waals surface area contributed by atoms with Gasteiger partial charge in [0.1, 0.15) is 11.8 Å². The molecule has 6 nitrogen and oxygen atoms in total. The van der Waals surface area contributed by atoms with Crippen LogP contribution < -0.4 is 14.8 Å². The monoisotopic (exact) mass is 452 g/mol. The lowest BCUT2D eigenvalue weighted by atomic mass is 10.1. The van der Waals surface area contributed by atoms with E-state index in [4.69, 9.17) is 4.74 Å². The van der Waals surface area contributed by atoms with E-state index in [-0.39, 0.29) is 11.3 Å². The first-order chi connectivity index (χ1) is 15.3. The van der Waals surface area contributed by atoms with Gasteiger partial charge < -0.3 is 10.1 Å². The fourth-order valence-electron chi connectivity index (χ4n) is 3.27. The van der Waals surface area contributed by atoms with Crippen molar-refractivity contribution >= 4 is 21.6 Å². The van der Waals surface area contributed by atoms with Crippen LogP contribution in [-0.2, 0) is 21.2 Å². The molecule has 0 heterocycles. The van der Waals surface area contributed by atoms with E-state index in [1.165, 1.54) is 12.1 Å². The average Bonchev–Trinajstić information content (AvgIpc) is 2.77. The SMILES string of the molecule is CCOc1ccc(S(=O)(=O)NC(Cc2ccccc2)C(=O)Nc2cc(C)ccc2C)cc1. The van der Waals surface area contributed by atoms with Gasteiger partial charge in [0.25, 0.3) is 0 Å². The maximum absolute atomic E-state index is 13.2. The largest absolute Gasteiger partial charge is 0.494 e. The van der Waals surface area contributed by atoms with Crippen LogP contribution in [0, 0.1) is 13.8 Å². The van der Waals surface area contributed by atoms with Crippen molar-refractivity contribution in [3.63, 3.8) is 0 Å². The second-order valence-corrected chi connectivity index (χ2v) is 9.29. The number of ether oxygens (including phenoxy) is 1. The fourth-order valence-corrected chi connectivity index (χ4v) is 4.46. The van der Waals surface area contributed by atoms with E-state index >= 15 is 0 Å².